The summed E-state index contributed by atoms with van der Waals surface area (Å²) in [5.41, 5.74) is 7.89. The number of halogens is 1. The number of hydrogen-bond acceptors (Lipinski definition) is 4. The molecule has 27 heavy (non-hydrogen) atoms. The molecule has 1 heterocycles. The molecule has 1 aliphatic heterocycles. The van der Waals surface area contributed by atoms with E-state index < -0.39 is 10.0 Å². The largest absolute Gasteiger partial charge is 0.377 e. The van der Waals surface area contributed by atoms with Gasteiger partial charge in [0.15, 0.2) is 5.96 Å². The zero-order valence-electron chi connectivity index (χ0n) is 16.0. The van der Waals surface area contributed by atoms with Crippen LogP contribution in [0.2, 0.25) is 0 Å². The Labute approximate surface area is 179 Å². The maximum Gasteiger partial charge on any atom is 0.213 e. The second-order valence-corrected chi connectivity index (χ2v) is 8.75. The monoisotopic (exact) mass is 510 g/mol. The molecule has 0 amide bonds. The summed E-state index contributed by atoms with van der Waals surface area (Å²) in [6.45, 7) is 5.36. The Kier molecular flexibility index (Phi) is 10.6. The fourth-order valence-electron chi connectivity index (χ4n) is 2.71. The molecule has 1 saturated heterocycles. The highest BCUT2D eigenvalue weighted by Gasteiger charge is 2.17. The Morgan fingerprint density at radius 1 is 1.37 bits per heavy atom. The molecule has 0 radical (unpaired) electrons. The number of nitrogens with zero attached hydrogens (tertiary/aromatic N) is 1. The van der Waals surface area contributed by atoms with Gasteiger partial charge in [-0.15, -0.1) is 24.0 Å². The highest BCUT2D eigenvalue weighted by Crippen LogP contribution is 2.18. The summed E-state index contributed by atoms with van der Waals surface area (Å²) in [6, 6.07) is 7.91. The van der Waals surface area contributed by atoms with Gasteiger partial charge in [0.25, 0.3) is 0 Å². The lowest BCUT2D eigenvalue weighted by atomic mass is 10.0. The summed E-state index contributed by atoms with van der Waals surface area (Å²) < 4.78 is 32.2. The van der Waals surface area contributed by atoms with Crippen LogP contribution in [-0.2, 0) is 14.8 Å². The molecule has 154 valence electrons. The molecule has 1 aliphatic rings. The lowest BCUT2D eigenvalue weighted by Gasteiger charge is -2.22. The third-order valence-electron chi connectivity index (χ3n) is 4.27. The normalized spacial score (nSPS) is 18.2. The second-order valence-electron chi connectivity index (χ2n) is 6.83. The Morgan fingerprint density at radius 3 is 2.81 bits per heavy atom. The van der Waals surface area contributed by atoms with Gasteiger partial charge in [0.2, 0.25) is 10.0 Å². The zero-order valence-corrected chi connectivity index (χ0v) is 19.1. The SMILES string of the molecule is CC(C)c1cccc(NC(N)=NCCS(=O)(=O)NCC2CCCCO2)c1.I. The fraction of sp³-hybridized carbons (Fsp3) is 0.611. The first kappa shape index (κ1) is 24.1. The van der Waals surface area contributed by atoms with Crippen LogP contribution in [0.1, 0.15) is 44.6 Å². The predicted molar refractivity (Wildman–Crippen MR) is 121 cm³/mol. The van der Waals surface area contributed by atoms with Crippen molar-refractivity contribution in [1.29, 1.82) is 0 Å². The number of benzene rings is 1. The van der Waals surface area contributed by atoms with E-state index in [0.29, 0.717) is 19.1 Å². The van der Waals surface area contributed by atoms with Gasteiger partial charge in [0.1, 0.15) is 0 Å². The van der Waals surface area contributed by atoms with Crippen LogP contribution in [0, 0.1) is 0 Å². The van der Waals surface area contributed by atoms with Gasteiger partial charge in [0.05, 0.1) is 18.4 Å². The van der Waals surface area contributed by atoms with Crippen LogP contribution in [0.15, 0.2) is 29.3 Å². The van der Waals surface area contributed by atoms with Crippen LogP contribution < -0.4 is 15.8 Å². The summed E-state index contributed by atoms with van der Waals surface area (Å²) in [4.78, 5) is 4.11. The van der Waals surface area contributed by atoms with E-state index >= 15 is 0 Å². The standard InChI is InChI=1S/C18H30N4O3S.HI/c1-14(2)15-6-5-7-16(12-15)22-18(19)20-9-11-26(23,24)21-13-17-8-3-4-10-25-17;/h5-7,12,14,17,21H,3-4,8-11,13H2,1-2H3,(H3,19,20,22);1H. The lowest BCUT2D eigenvalue weighted by molar-refractivity contribution is 0.0200. The minimum absolute atomic E-state index is 0. The van der Waals surface area contributed by atoms with Crippen LogP contribution in [-0.4, -0.2) is 45.9 Å². The first-order chi connectivity index (χ1) is 12.4. The number of nitrogens with one attached hydrogen (secondary N) is 2. The molecule has 4 N–H and O–H groups in total. The lowest BCUT2D eigenvalue weighted by Crippen LogP contribution is -2.37. The molecule has 0 spiro atoms. The summed E-state index contributed by atoms with van der Waals surface area (Å²) in [7, 11) is -3.39. The predicted octanol–water partition coefficient (Wildman–Crippen LogP) is 2.64. The van der Waals surface area contributed by atoms with E-state index in [9.17, 15) is 8.42 Å². The molecule has 1 unspecified atom stereocenters. The highest BCUT2D eigenvalue weighted by molar-refractivity contribution is 14.0. The van der Waals surface area contributed by atoms with Gasteiger partial charge in [-0.05, 0) is 42.9 Å². The third-order valence-corrected chi connectivity index (χ3v) is 5.60. The van der Waals surface area contributed by atoms with Gasteiger partial charge in [-0.25, -0.2) is 13.1 Å². The van der Waals surface area contributed by atoms with Crippen LogP contribution in [0.5, 0.6) is 0 Å². The molecular formula is C18H31IN4O3S. The number of rotatable bonds is 8. The number of aliphatic imine (C=N–C) groups is 1. The van der Waals surface area contributed by atoms with Gasteiger partial charge in [-0.1, -0.05) is 26.0 Å². The van der Waals surface area contributed by atoms with Crippen LogP contribution in [0.3, 0.4) is 0 Å². The number of hydrogen-bond donors (Lipinski definition) is 3. The molecular weight excluding hydrogens is 479 g/mol. The van der Waals surface area contributed by atoms with Crippen LogP contribution in [0.4, 0.5) is 5.69 Å². The van der Waals surface area contributed by atoms with Gasteiger partial charge in [0, 0.05) is 18.8 Å². The summed E-state index contributed by atoms with van der Waals surface area (Å²) in [5, 5.41) is 3.00. The van der Waals surface area contributed by atoms with E-state index in [2.05, 4.69) is 34.9 Å². The average Bonchev–Trinajstić information content (AvgIpc) is 2.61. The van der Waals surface area contributed by atoms with E-state index in [1.54, 1.807) is 0 Å². The highest BCUT2D eigenvalue weighted by atomic mass is 127. The smallest absolute Gasteiger partial charge is 0.213 e. The molecule has 1 fully saturated rings. The van der Waals surface area contributed by atoms with Crippen molar-refractivity contribution >= 4 is 45.6 Å². The van der Waals surface area contributed by atoms with Crippen molar-refractivity contribution < 1.29 is 13.2 Å². The molecule has 2 rings (SSSR count). The molecule has 1 aromatic rings. The van der Waals surface area contributed by atoms with Crippen molar-refractivity contribution in [2.24, 2.45) is 10.7 Å². The Hall–Kier alpha value is -0.910. The van der Waals surface area contributed by atoms with E-state index in [1.165, 1.54) is 5.56 Å². The van der Waals surface area contributed by atoms with Gasteiger partial charge < -0.3 is 15.8 Å². The molecule has 0 bridgehead atoms. The number of anilines is 1. The number of sulfonamides is 1. The topological polar surface area (TPSA) is 106 Å². The minimum atomic E-state index is -3.39. The van der Waals surface area contributed by atoms with Gasteiger partial charge >= 0.3 is 0 Å². The van der Waals surface area contributed by atoms with E-state index in [0.717, 1.165) is 24.9 Å². The molecule has 1 aromatic carbocycles. The van der Waals surface area contributed by atoms with Crippen LogP contribution in [0.25, 0.3) is 0 Å². The Bertz CT molecular complexity index is 704. The first-order valence-electron chi connectivity index (χ1n) is 9.11. The molecule has 1 atom stereocenters. The first-order valence-corrected chi connectivity index (χ1v) is 10.8. The summed E-state index contributed by atoms with van der Waals surface area (Å²) >= 11 is 0. The maximum absolute atomic E-state index is 12.0. The van der Waals surface area contributed by atoms with Crippen molar-refractivity contribution in [3.63, 3.8) is 0 Å². The number of nitrogens with two attached hydrogens (primary N) is 1. The van der Waals surface area contributed by atoms with Crippen LogP contribution >= 0.6 is 24.0 Å². The molecule has 7 nitrogen and oxygen atoms in total. The summed E-state index contributed by atoms with van der Waals surface area (Å²) in [6.07, 6.45) is 3.00. The van der Waals surface area contributed by atoms with Crippen molar-refractivity contribution in [1.82, 2.24) is 4.72 Å². The average molecular weight is 510 g/mol. The number of guanidine groups is 1. The number of ether oxygens (including phenoxy) is 1. The second kappa shape index (κ2) is 11.8. The van der Waals surface area contributed by atoms with E-state index in [1.807, 2.05) is 18.2 Å². The summed E-state index contributed by atoms with van der Waals surface area (Å²) in [5.74, 6) is 0.518. The van der Waals surface area contributed by atoms with Crippen molar-refractivity contribution in [3.05, 3.63) is 29.8 Å². The quantitative estimate of drug-likeness (QED) is 0.283. The van der Waals surface area contributed by atoms with Gasteiger partial charge in [-0.3, -0.25) is 4.99 Å². The Balaban J connectivity index is 0.00000364. The fourth-order valence-corrected chi connectivity index (χ4v) is 3.63. The molecule has 9 heteroatoms. The van der Waals surface area contributed by atoms with E-state index in [4.69, 9.17) is 10.5 Å². The van der Waals surface area contributed by atoms with Crippen molar-refractivity contribution in [2.75, 3.05) is 30.8 Å². The van der Waals surface area contributed by atoms with E-state index in [-0.39, 0.29) is 48.3 Å². The minimum Gasteiger partial charge on any atom is -0.377 e. The third kappa shape index (κ3) is 9.22. The Morgan fingerprint density at radius 2 is 2.15 bits per heavy atom. The van der Waals surface area contributed by atoms with Gasteiger partial charge in [-0.2, -0.15) is 0 Å². The molecule has 0 aromatic heterocycles. The molecule has 0 aliphatic carbocycles. The zero-order chi connectivity index (χ0) is 19.0. The molecule has 0 saturated carbocycles. The van der Waals surface area contributed by atoms with Crippen molar-refractivity contribution in [3.8, 4) is 0 Å². The maximum atomic E-state index is 12.0. The van der Waals surface area contributed by atoms with Crippen molar-refractivity contribution in [2.45, 2.75) is 45.1 Å².